The fourth-order valence-corrected chi connectivity index (χ4v) is 2.72. The highest BCUT2D eigenvalue weighted by atomic mass is 19.4. The fourth-order valence-electron chi connectivity index (χ4n) is 2.72. The number of nitrogens with one attached hydrogen (secondary N) is 2. The molecule has 6 N–H and O–H groups in total. The molecule has 0 saturated carbocycles. The van der Waals surface area contributed by atoms with Crippen molar-refractivity contribution in [3.8, 4) is 12.3 Å². The Morgan fingerprint density at radius 2 is 1.81 bits per heavy atom. The number of hydrogen-bond donors (Lipinski definition) is 4. The number of pyridine rings is 1. The van der Waals surface area contributed by atoms with Crippen molar-refractivity contribution in [2.24, 2.45) is 4.99 Å². The van der Waals surface area contributed by atoms with Crippen LogP contribution in [0.1, 0.15) is 22.7 Å². The van der Waals surface area contributed by atoms with Crippen molar-refractivity contribution >= 4 is 35.7 Å². The Balaban J connectivity index is 2.17. The van der Waals surface area contributed by atoms with Gasteiger partial charge in [-0.05, 0) is 5.56 Å². The minimum Gasteiger partial charge on any atom is -0.445 e. The van der Waals surface area contributed by atoms with E-state index < -0.39 is 18.5 Å². The van der Waals surface area contributed by atoms with Crippen LogP contribution in [-0.4, -0.2) is 17.9 Å². The van der Waals surface area contributed by atoms with E-state index in [4.69, 9.17) is 16.7 Å². The van der Waals surface area contributed by atoms with Gasteiger partial charge in [-0.1, -0.05) is 24.3 Å². The van der Waals surface area contributed by atoms with Crippen molar-refractivity contribution in [2.45, 2.75) is 6.04 Å². The van der Waals surface area contributed by atoms with Gasteiger partial charge in [0.1, 0.15) is 29.3 Å². The van der Waals surface area contributed by atoms with E-state index in [-0.39, 0.29) is 34.4 Å². The molecule has 0 bridgehead atoms. The number of nitriles is 2. The van der Waals surface area contributed by atoms with E-state index >= 15 is 0 Å². The summed E-state index contributed by atoms with van der Waals surface area (Å²) < 4.78 is 38.6. The quantitative estimate of drug-likeness (QED) is 0.351. The number of aromatic nitrogens is 1. The molecule has 2 aromatic rings. The highest BCUT2D eigenvalue weighted by Gasteiger charge is 2.30. The topological polar surface area (TPSA) is 149 Å². The maximum absolute atomic E-state index is 12.9. The van der Waals surface area contributed by atoms with Gasteiger partial charge in [-0.15, -0.1) is 5.46 Å². The minimum atomic E-state index is -5.14. The summed E-state index contributed by atoms with van der Waals surface area (Å²) in [6.07, 6.45) is 1.69. The molecule has 1 unspecified atom stereocenters. The normalized spacial score (nSPS) is 15.6. The summed E-state index contributed by atoms with van der Waals surface area (Å²) in [5, 5.41) is 23.1. The average molecular weight is 371 g/mol. The van der Waals surface area contributed by atoms with Gasteiger partial charge in [-0.3, -0.25) is 5.32 Å². The number of benzene rings is 1. The van der Waals surface area contributed by atoms with Gasteiger partial charge in [-0.2, -0.15) is 10.5 Å². The Bertz CT molecular complexity index is 1020. The first-order chi connectivity index (χ1) is 12.8. The monoisotopic (exact) mass is 371 g/mol. The number of nitrogens with two attached hydrogens (primary N) is 2. The van der Waals surface area contributed by atoms with E-state index in [1.54, 1.807) is 6.19 Å². The van der Waals surface area contributed by atoms with Crippen molar-refractivity contribution in [3.63, 3.8) is 0 Å². The predicted molar refractivity (Wildman–Crippen MR) is 94.6 cm³/mol. The van der Waals surface area contributed by atoms with E-state index in [0.717, 1.165) is 12.1 Å². The van der Waals surface area contributed by atoms with Gasteiger partial charge in [0.15, 0.2) is 6.19 Å². The molecule has 27 heavy (non-hydrogen) atoms. The number of aliphatic imine (C=N–C) groups is 1. The summed E-state index contributed by atoms with van der Waals surface area (Å²) in [7, 11) is 0. The molecular formula is C15H11BF3N8-. The van der Waals surface area contributed by atoms with Gasteiger partial charge in [0.25, 0.3) is 0 Å². The molecule has 2 heterocycles. The van der Waals surface area contributed by atoms with Gasteiger partial charge in [0, 0.05) is 5.56 Å². The summed E-state index contributed by atoms with van der Waals surface area (Å²) in [6, 6.07) is 5.37. The van der Waals surface area contributed by atoms with Gasteiger partial charge >= 0.3 is 6.98 Å². The van der Waals surface area contributed by atoms with Crippen molar-refractivity contribution in [3.05, 3.63) is 41.0 Å². The molecule has 1 aliphatic rings. The van der Waals surface area contributed by atoms with Crippen molar-refractivity contribution in [2.75, 3.05) is 16.8 Å². The number of rotatable bonds is 2. The first-order valence-corrected chi connectivity index (χ1v) is 7.55. The molecular weight excluding hydrogens is 360 g/mol. The largest absolute Gasteiger partial charge is 0.509 e. The third-order valence-corrected chi connectivity index (χ3v) is 3.99. The molecule has 12 heteroatoms. The first kappa shape index (κ1) is 17.9. The molecule has 1 aromatic heterocycles. The maximum atomic E-state index is 12.9. The Kier molecular flexibility index (Phi) is 4.25. The third-order valence-electron chi connectivity index (χ3n) is 3.99. The number of hydrogen-bond acceptors (Lipinski definition) is 8. The highest BCUT2D eigenvalue weighted by Crippen LogP contribution is 2.40. The summed E-state index contributed by atoms with van der Waals surface area (Å²) >= 11 is 0. The zero-order chi connectivity index (χ0) is 19.8. The molecule has 136 valence electrons. The van der Waals surface area contributed by atoms with Crippen LogP contribution in [0.25, 0.3) is 0 Å². The SMILES string of the molecule is N#CNC1=NC(c2ccc([B-](F)(F)F)cc2)c2c(nc(N)c(C#N)c2N)N1. The smallest absolute Gasteiger partial charge is 0.445 e. The second-order valence-electron chi connectivity index (χ2n) is 5.64. The summed E-state index contributed by atoms with van der Waals surface area (Å²) in [5.41, 5.74) is 11.6. The van der Waals surface area contributed by atoms with Crippen LogP contribution >= 0.6 is 0 Å². The number of anilines is 3. The Morgan fingerprint density at radius 1 is 1.15 bits per heavy atom. The van der Waals surface area contributed by atoms with Gasteiger partial charge in [0.2, 0.25) is 5.96 Å². The lowest BCUT2D eigenvalue weighted by Crippen LogP contribution is -2.34. The molecule has 1 aliphatic heterocycles. The van der Waals surface area contributed by atoms with Crippen molar-refractivity contribution < 1.29 is 12.9 Å². The summed E-state index contributed by atoms with van der Waals surface area (Å²) in [5.74, 6) is 0.0642. The molecule has 0 aliphatic carbocycles. The number of guanidine groups is 1. The number of nitrogens with zero attached hydrogens (tertiary/aromatic N) is 4. The van der Waals surface area contributed by atoms with Crippen LogP contribution in [0.4, 0.5) is 30.3 Å². The van der Waals surface area contributed by atoms with E-state index in [1.807, 2.05) is 6.07 Å². The molecule has 8 nitrogen and oxygen atoms in total. The molecule has 0 saturated heterocycles. The van der Waals surface area contributed by atoms with Gasteiger partial charge in [0.05, 0.1) is 5.69 Å². The average Bonchev–Trinajstić information content (AvgIpc) is 2.61. The van der Waals surface area contributed by atoms with Crippen molar-refractivity contribution in [1.82, 2.24) is 10.3 Å². The molecule has 0 fully saturated rings. The summed E-state index contributed by atoms with van der Waals surface area (Å²) in [4.78, 5) is 8.33. The summed E-state index contributed by atoms with van der Waals surface area (Å²) in [6.45, 7) is -5.14. The molecule has 0 radical (unpaired) electrons. The predicted octanol–water partition coefficient (Wildman–Crippen LogP) is 1.11. The van der Waals surface area contributed by atoms with Gasteiger partial charge < -0.3 is 29.7 Å². The minimum absolute atomic E-state index is 0.0152. The molecule has 3 rings (SSSR count). The standard InChI is InChI=1S/C15H11BF3N8/c17-16(18,19)8-3-1-7(2-4-8)12-10-11(22)9(5-20)13(23)26-14(10)27-15(25-12)24-6-21/h1-4,12H,(H6,22,23,24,25,26,27)/q-1. The number of halogens is 3. The van der Waals surface area contributed by atoms with Crippen LogP contribution in [0.5, 0.6) is 0 Å². The van der Waals surface area contributed by atoms with E-state index in [2.05, 4.69) is 20.6 Å². The maximum Gasteiger partial charge on any atom is 0.509 e. The van der Waals surface area contributed by atoms with Crippen LogP contribution in [0.2, 0.25) is 0 Å². The second-order valence-corrected chi connectivity index (χ2v) is 5.64. The van der Waals surface area contributed by atoms with Crippen LogP contribution in [0.3, 0.4) is 0 Å². The fraction of sp³-hybridized carbons (Fsp3) is 0.0667. The first-order valence-electron chi connectivity index (χ1n) is 7.55. The van der Waals surface area contributed by atoms with Crippen molar-refractivity contribution in [1.29, 1.82) is 10.5 Å². The van der Waals surface area contributed by atoms with Gasteiger partial charge in [-0.25, -0.2) is 9.98 Å². The molecule has 0 spiro atoms. The lowest BCUT2D eigenvalue weighted by atomic mass is 9.79. The molecule has 0 amide bonds. The Hall–Kier alpha value is -3.93. The zero-order valence-electron chi connectivity index (χ0n) is 13.5. The van der Waals surface area contributed by atoms with E-state index in [0.29, 0.717) is 5.56 Å². The van der Waals surface area contributed by atoms with Crippen LogP contribution < -0.4 is 27.6 Å². The third kappa shape index (κ3) is 3.16. The van der Waals surface area contributed by atoms with Crippen LogP contribution in [0.15, 0.2) is 29.3 Å². The zero-order valence-corrected chi connectivity index (χ0v) is 13.5. The van der Waals surface area contributed by atoms with Crippen LogP contribution in [0, 0.1) is 22.8 Å². The Morgan fingerprint density at radius 3 is 2.37 bits per heavy atom. The highest BCUT2D eigenvalue weighted by molar-refractivity contribution is 6.73. The lowest BCUT2D eigenvalue weighted by Gasteiger charge is -2.26. The lowest BCUT2D eigenvalue weighted by molar-refractivity contribution is 0.501. The second kappa shape index (κ2) is 6.42. The number of fused-ring (bicyclic) bond motifs is 1. The molecule has 1 atom stereocenters. The Labute approximate surface area is 151 Å². The van der Waals surface area contributed by atoms with Crippen LogP contribution in [-0.2, 0) is 0 Å². The van der Waals surface area contributed by atoms with E-state index in [9.17, 15) is 18.2 Å². The number of nitrogen functional groups attached to an aromatic ring is 2. The molecule has 1 aromatic carbocycles. The van der Waals surface area contributed by atoms with E-state index in [1.165, 1.54) is 12.1 Å².